The lowest BCUT2D eigenvalue weighted by atomic mass is 9.95. The molecule has 2 aliphatic heterocycles. The van der Waals surface area contributed by atoms with Crippen molar-refractivity contribution in [3.8, 4) is 22.8 Å². The highest BCUT2D eigenvalue weighted by Gasteiger charge is 2.29. The molecule has 1 saturated heterocycles. The Kier molecular flexibility index (Phi) is 6.10. The molecule has 0 bridgehead atoms. The Morgan fingerprint density at radius 3 is 2.76 bits per heavy atom. The number of carbonyl (C=O) groups is 1. The van der Waals surface area contributed by atoms with Crippen LogP contribution >= 0.6 is 0 Å². The molecule has 0 aliphatic carbocycles. The molecule has 34 heavy (non-hydrogen) atoms. The molecule has 0 saturated carbocycles. The Balaban J connectivity index is 1.25. The van der Waals surface area contributed by atoms with Crippen molar-refractivity contribution in [1.82, 2.24) is 29.4 Å². The number of carbonyl (C=O) groups excluding carboxylic acids is 1. The number of hydrogen-bond acceptors (Lipinski definition) is 7. The first kappa shape index (κ1) is 22.2. The third-order valence-corrected chi connectivity index (χ3v) is 6.40. The molecule has 11 nitrogen and oxygen atoms in total. The van der Waals surface area contributed by atoms with Gasteiger partial charge in [-0.15, -0.1) is 0 Å². The summed E-state index contributed by atoms with van der Waals surface area (Å²) in [5.41, 5.74) is 1.85. The number of aromatic amines is 1. The van der Waals surface area contributed by atoms with Gasteiger partial charge >= 0.3 is 5.69 Å². The van der Waals surface area contributed by atoms with E-state index in [1.807, 2.05) is 30.0 Å². The fourth-order valence-electron chi connectivity index (χ4n) is 4.53. The van der Waals surface area contributed by atoms with E-state index in [2.05, 4.69) is 15.3 Å². The van der Waals surface area contributed by atoms with Crippen molar-refractivity contribution in [1.29, 1.82) is 0 Å². The summed E-state index contributed by atoms with van der Waals surface area (Å²) in [7, 11) is 1.60. The second kappa shape index (κ2) is 9.34. The summed E-state index contributed by atoms with van der Waals surface area (Å²) in [4.78, 5) is 27.5. The fraction of sp³-hybridized carbons (Fsp3) is 0.478. The number of nitrogens with zero attached hydrogens (tertiary/aromatic N) is 5. The number of H-pyrrole nitrogens is 1. The first-order chi connectivity index (χ1) is 16.6. The minimum absolute atomic E-state index is 0.0866. The minimum atomic E-state index is -0.110. The number of benzene rings is 1. The topological polar surface area (TPSA) is 116 Å². The highest BCUT2D eigenvalue weighted by molar-refractivity contribution is 5.93. The van der Waals surface area contributed by atoms with Crippen molar-refractivity contribution in [3.05, 3.63) is 46.3 Å². The smallest absolute Gasteiger partial charge is 0.345 e. The lowest BCUT2D eigenvalue weighted by Crippen LogP contribution is -2.38. The molecule has 3 aromatic rings. The van der Waals surface area contributed by atoms with E-state index in [-0.39, 0.29) is 24.3 Å². The van der Waals surface area contributed by atoms with Crippen LogP contribution in [0.1, 0.15) is 42.0 Å². The molecule has 5 rings (SSSR count). The van der Waals surface area contributed by atoms with Gasteiger partial charge < -0.3 is 19.1 Å². The van der Waals surface area contributed by atoms with E-state index in [4.69, 9.17) is 14.2 Å². The zero-order valence-corrected chi connectivity index (χ0v) is 19.3. The molecule has 2 aromatic heterocycles. The summed E-state index contributed by atoms with van der Waals surface area (Å²) >= 11 is 0. The molecule has 1 aromatic carbocycles. The summed E-state index contributed by atoms with van der Waals surface area (Å²) < 4.78 is 19.1. The van der Waals surface area contributed by atoms with Crippen LogP contribution in [-0.2, 0) is 17.8 Å². The molecular formula is C23H28N6O5. The second-order valence-electron chi connectivity index (χ2n) is 8.40. The van der Waals surface area contributed by atoms with Crippen LogP contribution in [0.5, 0.6) is 11.5 Å². The van der Waals surface area contributed by atoms with Gasteiger partial charge in [-0.3, -0.25) is 14.5 Å². The standard InChI is InChI=1S/C23H28N6O5/c1-3-28-21(26-29(23(28)31)10-11-32-2)15-6-8-27(9-7-15)22(30)18-13-17(24-25-18)16-4-5-19-20(12-16)34-14-33-19/h4-5,12-13,15H,3,6-11,14H2,1-2H3,(H,24,25). The molecule has 0 atom stereocenters. The Bertz CT molecular complexity index is 1240. The maximum Gasteiger partial charge on any atom is 0.345 e. The summed E-state index contributed by atoms with van der Waals surface area (Å²) in [5, 5.41) is 11.8. The number of nitrogens with one attached hydrogen (secondary N) is 1. The van der Waals surface area contributed by atoms with Crippen molar-refractivity contribution in [2.75, 3.05) is 33.6 Å². The van der Waals surface area contributed by atoms with Gasteiger partial charge in [0, 0.05) is 38.2 Å². The minimum Gasteiger partial charge on any atom is -0.454 e. The van der Waals surface area contributed by atoms with Gasteiger partial charge in [0.15, 0.2) is 11.5 Å². The first-order valence-electron chi connectivity index (χ1n) is 11.5. The highest BCUT2D eigenvalue weighted by Crippen LogP contribution is 2.35. The van der Waals surface area contributed by atoms with E-state index in [1.165, 1.54) is 4.68 Å². The highest BCUT2D eigenvalue weighted by atomic mass is 16.7. The van der Waals surface area contributed by atoms with Crippen LogP contribution in [0.2, 0.25) is 0 Å². The normalized spacial score (nSPS) is 15.8. The predicted molar refractivity (Wildman–Crippen MR) is 122 cm³/mol. The van der Waals surface area contributed by atoms with Crippen LogP contribution in [0.25, 0.3) is 11.3 Å². The zero-order chi connectivity index (χ0) is 23.7. The third kappa shape index (κ3) is 4.07. The number of aromatic nitrogens is 5. The van der Waals surface area contributed by atoms with Gasteiger partial charge in [0.1, 0.15) is 11.5 Å². The second-order valence-corrected chi connectivity index (χ2v) is 8.40. The Morgan fingerprint density at radius 1 is 1.21 bits per heavy atom. The van der Waals surface area contributed by atoms with E-state index in [0.29, 0.717) is 55.7 Å². The van der Waals surface area contributed by atoms with Crippen molar-refractivity contribution >= 4 is 5.91 Å². The SMILES string of the molecule is CCn1c(C2CCN(C(=O)c3cc(-c4ccc5c(c4)OCO5)n[nH]3)CC2)nn(CCOC)c1=O. The van der Waals surface area contributed by atoms with Crippen molar-refractivity contribution < 1.29 is 19.0 Å². The molecular weight excluding hydrogens is 440 g/mol. The summed E-state index contributed by atoms with van der Waals surface area (Å²) in [6, 6.07) is 7.35. The Morgan fingerprint density at radius 2 is 2.00 bits per heavy atom. The van der Waals surface area contributed by atoms with Crippen LogP contribution in [0.3, 0.4) is 0 Å². The summed E-state index contributed by atoms with van der Waals surface area (Å²) in [5.74, 6) is 2.21. The lowest BCUT2D eigenvalue weighted by molar-refractivity contribution is 0.0704. The number of hydrogen-bond donors (Lipinski definition) is 1. The molecule has 11 heteroatoms. The van der Waals surface area contributed by atoms with Crippen molar-refractivity contribution in [2.24, 2.45) is 0 Å². The van der Waals surface area contributed by atoms with Crippen molar-refractivity contribution in [3.63, 3.8) is 0 Å². The Labute approximate surface area is 196 Å². The van der Waals surface area contributed by atoms with Crippen LogP contribution in [0.15, 0.2) is 29.1 Å². The van der Waals surface area contributed by atoms with E-state index in [9.17, 15) is 9.59 Å². The van der Waals surface area contributed by atoms with Gasteiger partial charge in [0.25, 0.3) is 5.91 Å². The molecule has 1 N–H and O–H groups in total. The van der Waals surface area contributed by atoms with E-state index in [1.54, 1.807) is 17.7 Å². The molecule has 4 heterocycles. The summed E-state index contributed by atoms with van der Waals surface area (Å²) in [6.07, 6.45) is 1.49. The summed E-state index contributed by atoms with van der Waals surface area (Å²) in [6.45, 7) is 4.76. The zero-order valence-electron chi connectivity index (χ0n) is 19.3. The van der Waals surface area contributed by atoms with E-state index in [0.717, 1.165) is 24.2 Å². The average Bonchev–Trinajstić information content (AvgIpc) is 3.60. The molecule has 0 spiro atoms. The monoisotopic (exact) mass is 468 g/mol. The van der Waals surface area contributed by atoms with Gasteiger partial charge in [0.2, 0.25) is 6.79 Å². The number of piperidine rings is 1. The maximum atomic E-state index is 13.1. The van der Waals surface area contributed by atoms with Gasteiger partial charge in [-0.05, 0) is 44.0 Å². The quantitative estimate of drug-likeness (QED) is 0.562. The Hall–Kier alpha value is -3.60. The van der Waals surface area contributed by atoms with Crippen LogP contribution in [-0.4, -0.2) is 69.0 Å². The van der Waals surface area contributed by atoms with E-state index < -0.39 is 0 Å². The van der Waals surface area contributed by atoms with Crippen molar-refractivity contribution in [2.45, 2.75) is 38.8 Å². The largest absolute Gasteiger partial charge is 0.454 e. The molecule has 0 unspecified atom stereocenters. The number of methoxy groups -OCH3 is 1. The number of ether oxygens (including phenoxy) is 3. The average molecular weight is 469 g/mol. The number of likely N-dealkylation sites (tertiary alicyclic amines) is 1. The lowest BCUT2D eigenvalue weighted by Gasteiger charge is -2.31. The number of rotatable bonds is 7. The van der Waals surface area contributed by atoms with Gasteiger partial charge in [0.05, 0.1) is 18.8 Å². The first-order valence-corrected chi connectivity index (χ1v) is 11.5. The maximum absolute atomic E-state index is 13.1. The fourth-order valence-corrected chi connectivity index (χ4v) is 4.53. The predicted octanol–water partition coefficient (Wildman–Crippen LogP) is 1.85. The molecule has 2 aliphatic rings. The van der Waals surface area contributed by atoms with E-state index >= 15 is 0 Å². The molecule has 1 fully saturated rings. The van der Waals surface area contributed by atoms with Gasteiger partial charge in [-0.2, -0.15) is 10.2 Å². The number of amides is 1. The van der Waals surface area contributed by atoms with Crippen LogP contribution < -0.4 is 15.2 Å². The molecule has 180 valence electrons. The molecule has 1 amide bonds. The van der Waals surface area contributed by atoms with Gasteiger partial charge in [-0.25, -0.2) is 9.48 Å². The third-order valence-electron chi connectivity index (χ3n) is 6.40. The number of fused-ring (bicyclic) bond motifs is 1. The molecule has 0 radical (unpaired) electrons. The van der Waals surface area contributed by atoms with Crippen LogP contribution in [0, 0.1) is 0 Å². The van der Waals surface area contributed by atoms with Crippen LogP contribution in [0.4, 0.5) is 0 Å². The van der Waals surface area contributed by atoms with Gasteiger partial charge in [-0.1, -0.05) is 0 Å².